The highest BCUT2D eigenvalue weighted by atomic mass is 19.3. The Morgan fingerprint density at radius 3 is 2.68 bits per heavy atom. The lowest BCUT2D eigenvalue weighted by atomic mass is 9.47. The summed E-state index contributed by atoms with van der Waals surface area (Å²) in [4.78, 5) is 4.22. The number of aliphatic hydroxyl groups excluding tert-OH is 1. The molecule has 0 saturated heterocycles. The standard InChI is InChI=1S/C25H41FO2/c1-5-6-23(27)16(2)20-9-10-21-19-8-7-17-15-18(28-26)11-13-24(17,3)22(19)12-14-25(20,21)4/h7,16,18-23,27H,5-6,8-15H2,1-4H3/t16-,18-,19?,20?,21?,22?,23-,24?,25?/m0/s1. The summed E-state index contributed by atoms with van der Waals surface area (Å²) in [5.41, 5.74) is 2.12. The second-order valence-corrected chi connectivity index (χ2v) is 11.2. The predicted octanol–water partition coefficient (Wildman–Crippen LogP) is 6.63. The lowest BCUT2D eigenvalue weighted by Crippen LogP contribution is -2.51. The Morgan fingerprint density at radius 1 is 1.18 bits per heavy atom. The van der Waals surface area contributed by atoms with Crippen molar-refractivity contribution in [3.8, 4) is 0 Å². The van der Waals surface area contributed by atoms with Crippen LogP contribution in [0.15, 0.2) is 11.6 Å². The highest BCUT2D eigenvalue weighted by molar-refractivity contribution is 5.25. The van der Waals surface area contributed by atoms with Crippen LogP contribution in [0.1, 0.15) is 91.9 Å². The summed E-state index contributed by atoms with van der Waals surface area (Å²) in [5.74, 6) is 3.39. The van der Waals surface area contributed by atoms with Gasteiger partial charge < -0.3 is 5.11 Å². The molecular weight excluding hydrogens is 351 g/mol. The van der Waals surface area contributed by atoms with E-state index in [1.807, 2.05) is 0 Å². The van der Waals surface area contributed by atoms with Crippen molar-refractivity contribution in [1.82, 2.24) is 0 Å². The molecule has 3 heteroatoms. The topological polar surface area (TPSA) is 29.5 Å². The van der Waals surface area contributed by atoms with E-state index in [2.05, 4.69) is 38.7 Å². The molecule has 3 saturated carbocycles. The Balaban J connectivity index is 1.56. The molecule has 0 amide bonds. The molecule has 3 fully saturated rings. The Bertz CT molecular complexity index is 603. The van der Waals surface area contributed by atoms with Crippen LogP contribution in [-0.4, -0.2) is 17.3 Å². The average molecular weight is 393 g/mol. The molecular formula is C25H41FO2. The number of rotatable bonds is 5. The molecule has 0 bridgehead atoms. The minimum absolute atomic E-state index is 0.144. The summed E-state index contributed by atoms with van der Waals surface area (Å²) in [5, 5.41) is 10.7. The van der Waals surface area contributed by atoms with E-state index in [1.54, 1.807) is 0 Å². The van der Waals surface area contributed by atoms with Gasteiger partial charge in [-0.2, -0.15) is 4.94 Å². The van der Waals surface area contributed by atoms with E-state index in [9.17, 15) is 9.63 Å². The Labute approximate surface area is 171 Å². The normalized spacial score (nSPS) is 47.5. The Kier molecular flexibility index (Phi) is 5.72. The van der Waals surface area contributed by atoms with Crippen LogP contribution in [-0.2, 0) is 4.94 Å². The zero-order valence-electron chi connectivity index (χ0n) is 18.4. The van der Waals surface area contributed by atoms with Gasteiger partial charge in [-0.05, 0) is 103 Å². The molecule has 4 rings (SSSR count). The third-order valence-electron chi connectivity index (χ3n) is 10.1. The van der Waals surface area contributed by atoms with Gasteiger partial charge in [0.05, 0.1) is 6.10 Å². The van der Waals surface area contributed by atoms with Crippen molar-refractivity contribution >= 4 is 0 Å². The van der Waals surface area contributed by atoms with Crippen molar-refractivity contribution in [2.45, 2.75) is 104 Å². The molecule has 2 nitrogen and oxygen atoms in total. The second kappa shape index (κ2) is 7.69. The van der Waals surface area contributed by atoms with E-state index in [4.69, 9.17) is 0 Å². The SMILES string of the molecule is CCC[C@H](O)[C@@H](C)C1CCC2C3CC=C4C[C@@H](OF)CCC4(C)C3CCC21C. The fraction of sp³-hybridized carbons (Fsp3) is 0.920. The van der Waals surface area contributed by atoms with Gasteiger partial charge in [-0.1, -0.05) is 45.8 Å². The first-order chi connectivity index (χ1) is 13.3. The van der Waals surface area contributed by atoms with Crippen LogP contribution in [0, 0.1) is 40.4 Å². The van der Waals surface area contributed by atoms with Gasteiger partial charge in [0.25, 0.3) is 0 Å². The molecule has 4 aliphatic carbocycles. The van der Waals surface area contributed by atoms with Crippen LogP contribution in [0.2, 0.25) is 0 Å². The molecule has 4 aliphatic rings. The maximum absolute atomic E-state index is 12.8. The van der Waals surface area contributed by atoms with Crippen molar-refractivity contribution < 1.29 is 14.6 Å². The fourth-order valence-electron chi connectivity index (χ4n) is 8.43. The van der Waals surface area contributed by atoms with Crippen LogP contribution in [0.3, 0.4) is 0 Å². The summed E-state index contributed by atoms with van der Waals surface area (Å²) >= 11 is 0. The summed E-state index contributed by atoms with van der Waals surface area (Å²) < 4.78 is 12.8. The summed E-state index contributed by atoms with van der Waals surface area (Å²) in [6.07, 6.45) is 13.2. The molecule has 0 aromatic heterocycles. The quantitative estimate of drug-likeness (QED) is 0.532. The summed E-state index contributed by atoms with van der Waals surface area (Å²) in [6.45, 7) is 9.50. The molecule has 160 valence electrons. The zero-order valence-corrected chi connectivity index (χ0v) is 18.4. The summed E-state index contributed by atoms with van der Waals surface area (Å²) in [7, 11) is 0. The van der Waals surface area contributed by atoms with Crippen LogP contribution in [0.4, 0.5) is 4.53 Å². The number of allylic oxidation sites excluding steroid dienone is 1. The fourth-order valence-corrected chi connectivity index (χ4v) is 8.43. The van der Waals surface area contributed by atoms with E-state index in [1.165, 1.54) is 37.7 Å². The first-order valence-electron chi connectivity index (χ1n) is 12.0. The van der Waals surface area contributed by atoms with E-state index in [0.29, 0.717) is 17.3 Å². The van der Waals surface area contributed by atoms with Crippen molar-refractivity contribution in [1.29, 1.82) is 0 Å². The van der Waals surface area contributed by atoms with Gasteiger partial charge in [0.15, 0.2) is 0 Å². The number of aliphatic hydroxyl groups is 1. The number of hydrogen-bond donors (Lipinski definition) is 1. The number of hydrogen-bond acceptors (Lipinski definition) is 2. The van der Waals surface area contributed by atoms with Gasteiger partial charge >= 0.3 is 0 Å². The molecule has 0 aromatic rings. The molecule has 0 aliphatic heterocycles. The van der Waals surface area contributed by atoms with Crippen molar-refractivity contribution in [2.24, 2.45) is 40.4 Å². The molecule has 0 aromatic carbocycles. The van der Waals surface area contributed by atoms with E-state index in [-0.39, 0.29) is 17.6 Å². The van der Waals surface area contributed by atoms with Crippen molar-refractivity contribution in [3.63, 3.8) is 0 Å². The van der Waals surface area contributed by atoms with Crippen LogP contribution >= 0.6 is 0 Å². The minimum atomic E-state index is -0.221. The molecule has 6 unspecified atom stereocenters. The van der Waals surface area contributed by atoms with E-state index >= 15 is 0 Å². The van der Waals surface area contributed by atoms with Crippen molar-refractivity contribution in [3.05, 3.63) is 11.6 Å². The van der Waals surface area contributed by atoms with E-state index < -0.39 is 0 Å². The number of halogens is 1. The Morgan fingerprint density at radius 2 is 1.96 bits per heavy atom. The maximum Gasteiger partial charge on any atom is 0.102 e. The monoisotopic (exact) mass is 392 g/mol. The lowest BCUT2D eigenvalue weighted by Gasteiger charge is -2.58. The third kappa shape index (κ3) is 3.11. The van der Waals surface area contributed by atoms with Crippen molar-refractivity contribution in [2.75, 3.05) is 0 Å². The summed E-state index contributed by atoms with van der Waals surface area (Å²) in [6, 6.07) is 0. The number of fused-ring (bicyclic) bond motifs is 5. The van der Waals surface area contributed by atoms with Gasteiger partial charge in [0.2, 0.25) is 0 Å². The molecule has 9 atom stereocenters. The minimum Gasteiger partial charge on any atom is -0.393 e. The molecule has 0 spiro atoms. The van der Waals surface area contributed by atoms with Gasteiger partial charge in [0.1, 0.15) is 6.10 Å². The van der Waals surface area contributed by atoms with Crippen LogP contribution in [0.5, 0.6) is 0 Å². The first kappa shape index (κ1) is 20.8. The average Bonchev–Trinajstić information content (AvgIpc) is 3.04. The zero-order chi connectivity index (χ0) is 20.1. The van der Waals surface area contributed by atoms with Gasteiger partial charge in [-0.3, -0.25) is 0 Å². The van der Waals surface area contributed by atoms with Crippen LogP contribution in [0.25, 0.3) is 0 Å². The molecule has 0 heterocycles. The largest absolute Gasteiger partial charge is 0.393 e. The van der Waals surface area contributed by atoms with Gasteiger partial charge in [-0.15, -0.1) is 0 Å². The van der Waals surface area contributed by atoms with Gasteiger partial charge in [-0.25, -0.2) is 0 Å². The van der Waals surface area contributed by atoms with E-state index in [0.717, 1.165) is 49.9 Å². The highest BCUT2D eigenvalue weighted by Gasteiger charge is 2.59. The lowest BCUT2D eigenvalue weighted by molar-refractivity contribution is -0.191. The molecule has 1 N–H and O–H groups in total. The van der Waals surface area contributed by atoms with Gasteiger partial charge in [0, 0.05) is 0 Å². The molecule has 0 radical (unpaired) electrons. The smallest absolute Gasteiger partial charge is 0.102 e. The second-order valence-electron chi connectivity index (χ2n) is 11.2. The Hall–Kier alpha value is -0.410. The predicted molar refractivity (Wildman–Crippen MR) is 111 cm³/mol. The van der Waals surface area contributed by atoms with Crippen LogP contribution < -0.4 is 0 Å². The molecule has 28 heavy (non-hydrogen) atoms. The first-order valence-corrected chi connectivity index (χ1v) is 12.0. The highest BCUT2D eigenvalue weighted by Crippen LogP contribution is 2.67. The third-order valence-corrected chi connectivity index (χ3v) is 10.1. The maximum atomic E-state index is 12.8.